The van der Waals surface area contributed by atoms with E-state index in [9.17, 15) is 13.6 Å². The van der Waals surface area contributed by atoms with Crippen molar-refractivity contribution < 1.29 is 13.6 Å². The first-order valence-electron chi connectivity index (χ1n) is 9.21. The highest BCUT2D eigenvalue weighted by Gasteiger charge is 2.17. The van der Waals surface area contributed by atoms with E-state index in [1.807, 2.05) is 32.0 Å². The van der Waals surface area contributed by atoms with Gasteiger partial charge in [0, 0.05) is 42.7 Å². The summed E-state index contributed by atoms with van der Waals surface area (Å²) in [6, 6.07) is 9.01. The van der Waals surface area contributed by atoms with E-state index in [0.29, 0.717) is 24.3 Å². The highest BCUT2D eigenvalue weighted by atomic mass is 19.2. The van der Waals surface area contributed by atoms with E-state index in [0.717, 1.165) is 17.8 Å². The lowest BCUT2D eigenvalue weighted by atomic mass is 10.2. The molecule has 2 N–H and O–H groups in total. The second-order valence-electron chi connectivity index (χ2n) is 6.71. The predicted octanol–water partition coefficient (Wildman–Crippen LogP) is 3.61. The van der Waals surface area contributed by atoms with Crippen LogP contribution in [-0.2, 0) is 6.42 Å². The number of nitrogens with one attached hydrogen (secondary N) is 2. The summed E-state index contributed by atoms with van der Waals surface area (Å²) in [5.41, 5.74) is 1.47. The van der Waals surface area contributed by atoms with Gasteiger partial charge in [0.05, 0.1) is 0 Å². The van der Waals surface area contributed by atoms with Crippen LogP contribution in [-0.4, -0.2) is 33.4 Å². The molecule has 0 aliphatic carbocycles. The first-order valence-corrected chi connectivity index (χ1v) is 9.21. The van der Waals surface area contributed by atoms with Crippen molar-refractivity contribution >= 4 is 11.7 Å². The maximum atomic E-state index is 13.6. The van der Waals surface area contributed by atoms with Crippen LogP contribution in [0.1, 0.15) is 29.9 Å². The average Bonchev–Trinajstić information content (AvgIpc) is 2.70. The Morgan fingerprint density at radius 1 is 1.10 bits per heavy atom. The Hall–Kier alpha value is -3.42. The molecule has 3 aromatic rings. The number of amides is 1. The third-order valence-corrected chi connectivity index (χ3v) is 4.03. The number of rotatable bonds is 7. The summed E-state index contributed by atoms with van der Waals surface area (Å²) >= 11 is 0. The van der Waals surface area contributed by atoms with Crippen LogP contribution < -0.4 is 10.6 Å². The van der Waals surface area contributed by atoms with E-state index in [2.05, 4.69) is 25.6 Å². The van der Waals surface area contributed by atoms with E-state index in [1.54, 1.807) is 6.20 Å². The number of carbonyl (C=O) groups is 1. The largest absolute Gasteiger partial charge is 0.369 e. The molecule has 0 saturated carbocycles. The summed E-state index contributed by atoms with van der Waals surface area (Å²) in [6.07, 6.45) is 3.71. The first kappa shape index (κ1) is 20.3. The molecule has 0 spiro atoms. The first-order chi connectivity index (χ1) is 13.9. The Kier molecular flexibility index (Phi) is 6.43. The lowest BCUT2D eigenvalue weighted by Gasteiger charge is -2.14. The monoisotopic (exact) mass is 397 g/mol. The fourth-order valence-corrected chi connectivity index (χ4v) is 2.65. The molecule has 150 valence electrons. The van der Waals surface area contributed by atoms with Gasteiger partial charge in [-0.3, -0.25) is 9.78 Å². The fourth-order valence-electron chi connectivity index (χ4n) is 2.65. The molecule has 1 amide bonds. The van der Waals surface area contributed by atoms with Crippen molar-refractivity contribution in [1.82, 2.24) is 20.3 Å². The van der Waals surface area contributed by atoms with Gasteiger partial charge in [-0.25, -0.2) is 18.7 Å². The van der Waals surface area contributed by atoms with Gasteiger partial charge in [0.15, 0.2) is 17.5 Å². The van der Waals surface area contributed by atoms with Crippen LogP contribution in [0.2, 0.25) is 0 Å². The van der Waals surface area contributed by atoms with Crippen molar-refractivity contribution in [2.75, 3.05) is 11.9 Å². The van der Waals surface area contributed by atoms with Crippen LogP contribution in [0.5, 0.6) is 0 Å². The Labute approximate surface area is 167 Å². The van der Waals surface area contributed by atoms with Gasteiger partial charge in [0.2, 0.25) is 0 Å². The zero-order valence-corrected chi connectivity index (χ0v) is 16.1. The normalized spacial score (nSPS) is 10.8. The van der Waals surface area contributed by atoms with E-state index in [1.165, 1.54) is 12.3 Å². The molecule has 29 heavy (non-hydrogen) atoms. The lowest BCUT2D eigenvalue weighted by Crippen LogP contribution is -2.31. The van der Waals surface area contributed by atoms with Gasteiger partial charge >= 0.3 is 0 Å². The molecule has 8 heteroatoms. The van der Waals surface area contributed by atoms with E-state index < -0.39 is 11.6 Å². The molecule has 6 nitrogen and oxygen atoms in total. The summed E-state index contributed by atoms with van der Waals surface area (Å²) in [4.78, 5) is 25.3. The van der Waals surface area contributed by atoms with Crippen LogP contribution in [0.25, 0.3) is 11.4 Å². The number of hydrogen-bond donors (Lipinski definition) is 2. The highest BCUT2D eigenvalue weighted by Crippen LogP contribution is 2.21. The van der Waals surface area contributed by atoms with Crippen LogP contribution in [0, 0.1) is 11.6 Å². The molecule has 0 aliphatic rings. The molecular weight excluding hydrogens is 376 g/mol. The van der Waals surface area contributed by atoms with Gasteiger partial charge in [-0.2, -0.15) is 0 Å². The van der Waals surface area contributed by atoms with Gasteiger partial charge < -0.3 is 10.6 Å². The summed E-state index contributed by atoms with van der Waals surface area (Å²) in [5, 5.41) is 5.93. The van der Waals surface area contributed by atoms with Gasteiger partial charge in [-0.1, -0.05) is 6.07 Å². The second-order valence-corrected chi connectivity index (χ2v) is 6.71. The molecule has 1 aromatic carbocycles. The van der Waals surface area contributed by atoms with Crippen LogP contribution in [0.3, 0.4) is 0 Å². The van der Waals surface area contributed by atoms with Crippen molar-refractivity contribution in [3.05, 3.63) is 71.7 Å². The highest BCUT2D eigenvalue weighted by molar-refractivity contribution is 5.98. The zero-order chi connectivity index (χ0) is 20.8. The number of nitrogens with zero attached hydrogens (tertiary/aromatic N) is 3. The number of anilines is 1. The van der Waals surface area contributed by atoms with Crippen molar-refractivity contribution in [3.63, 3.8) is 0 Å². The quantitative estimate of drug-likeness (QED) is 0.637. The molecule has 0 atom stereocenters. The van der Waals surface area contributed by atoms with Crippen LogP contribution in [0.4, 0.5) is 14.6 Å². The number of hydrogen-bond acceptors (Lipinski definition) is 5. The molecule has 2 heterocycles. The SMILES string of the molecule is CC(C)NC(=O)c1cnc(-c2ccc(F)c(F)c2)nc1NCCc1ccccn1. The standard InChI is InChI=1S/C21H21F2N5O/c1-13(2)27-21(29)16-12-26-19(14-6-7-17(22)18(23)11-14)28-20(16)25-10-8-15-5-3-4-9-24-15/h3-7,9,11-13H,8,10H2,1-2H3,(H,27,29)(H,25,26,28). The minimum Gasteiger partial charge on any atom is -0.369 e. The summed E-state index contributed by atoms with van der Waals surface area (Å²) in [6.45, 7) is 4.18. The Morgan fingerprint density at radius 3 is 2.62 bits per heavy atom. The Morgan fingerprint density at radius 2 is 1.93 bits per heavy atom. The topological polar surface area (TPSA) is 79.8 Å². The number of aromatic nitrogens is 3. The Bertz CT molecular complexity index is 996. The van der Waals surface area contributed by atoms with Gasteiger partial charge in [0.25, 0.3) is 5.91 Å². The van der Waals surface area contributed by atoms with Crippen molar-refractivity contribution in [3.8, 4) is 11.4 Å². The average molecular weight is 397 g/mol. The number of halogens is 2. The van der Waals surface area contributed by atoms with Crippen LogP contribution >= 0.6 is 0 Å². The molecule has 3 rings (SSSR count). The minimum absolute atomic E-state index is 0.0604. The van der Waals surface area contributed by atoms with Gasteiger partial charge in [-0.05, 0) is 44.2 Å². The zero-order valence-electron chi connectivity index (χ0n) is 16.1. The molecule has 0 bridgehead atoms. The molecule has 2 aromatic heterocycles. The number of pyridine rings is 1. The number of carbonyl (C=O) groups excluding carboxylic acids is 1. The lowest BCUT2D eigenvalue weighted by molar-refractivity contribution is 0.0943. The van der Waals surface area contributed by atoms with Crippen molar-refractivity contribution in [2.24, 2.45) is 0 Å². The molecular formula is C21H21F2N5O. The van der Waals surface area contributed by atoms with Gasteiger partial charge in [0.1, 0.15) is 11.4 Å². The van der Waals surface area contributed by atoms with E-state index in [-0.39, 0.29) is 23.3 Å². The maximum absolute atomic E-state index is 13.6. The Balaban J connectivity index is 1.87. The fraction of sp³-hybridized carbons (Fsp3) is 0.238. The van der Waals surface area contributed by atoms with E-state index in [4.69, 9.17) is 0 Å². The predicted molar refractivity (Wildman–Crippen MR) is 106 cm³/mol. The maximum Gasteiger partial charge on any atom is 0.256 e. The molecule has 0 fully saturated rings. The molecule has 0 aliphatic heterocycles. The second kappa shape index (κ2) is 9.18. The van der Waals surface area contributed by atoms with Crippen LogP contribution in [0.15, 0.2) is 48.8 Å². The summed E-state index contributed by atoms with van der Waals surface area (Å²) < 4.78 is 26.8. The third-order valence-electron chi connectivity index (χ3n) is 4.03. The van der Waals surface area contributed by atoms with Gasteiger partial charge in [-0.15, -0.1) is 0 Å². The van der Waals surface area contributed by atoms with E-state index >= 15 is 0 Å². The van der Waals surface area contributed by atoms with Crippen molar-refractivity contribution in [2.45, 2.75) is 26.3 Å². The smallest absolute Gasteiger partial charge is 0.256 e. The molecule has 0 saturated heterocycles. The molecule has 0 radical (unpaired) electrons. The minimum atomic E-state index is -0.989. The number of benzene rings is 1. The summed E-state index contributed by atoms with van der Waals surface area (Å²) in [7, 11) is 0. The summed E-state index contributed by atoms with van der Waals surface area (Å²) in [5.74, 6) is -1.76. The van der Waals surface area contributed by atoms with Crippen molar-refractivity contribution in [1.29, 1.82) is 0 Å². The third kappa shape index (κ3) is 5.31. The molecule has 0 unspecified atom stereocenters.